The van der Waals surface area contributed by atoms with Crippen molar-refractivity contribution in [3.05, 3.63) is 41.6 Å². The first kappa shape index (κ1) is 15.1. The van der Waals surface area contributed by atoms with Crippen LogP contribution in [0.25, 0.3) is 22.6 Å². The Labute approximate surface area is 140 Å². The second-order valence-electron chi connectivity index (χ2n) is 5.29. The zero-order valence-electron chi connectivity index (χ0n) is 12.8. The van der Waals surface area contributed by atoms with Crippen molar-refractivity contribution < 1.29 is 0 Å². The lowest BCUT2D eigenvalue weighted by Crippen LogP contribution is -2.36. The van der Waals surface area contributed by atoms with E-state index in [0.717, 1.165) is 24.7 Å². The summed E-state index contributed by atoms with van der Waals surface area (Å²) in [6.45, 7) is 6.65. The van der Waals surface area contributed by atoms with Gasteiger partial charge in [0.1, 0.15) is 0 Å². The van der Waals surface area contributed by atoms with Crippen LogP contribution in [0.5, 0.6) is 0 Å². The molecule has 0 bridgehead atoms. The summed E-state index contributed by atoms with van der Waals surface area (Å²) < 4.78 is 3.96. The molecule has 0 N–H and O–H groups in total. The molecule has 2 aliphatic heterocycles. The molecule has 0 saturated heterocycles. The standard InChI is InChI=1S/C15H15IN4O2/c1-5-20-12-9(6-7(2)8(3)10(12)16)17-11-13(20)18-15(22)19(4)14(11)21/h6H,5H2,1-4H3. The molecule has 0 aromatic heterocycles. The van der Waals surface area contributed by atoms with Crippen molar-refractivity contribution >= 4 is 33.6 Å². The van der Waals surface area contributed by atoms with E-state index in [1.54, 1.807) is 0 Å². The van der Waals surface area contributed by atoms with Gasteiger partial charge in [-0.05, 0) is 60.6 Å². The van der Waals surface area contributed by atoms with Crippen LogP contribution < -0.4 is 11.2 Å². The number of aryl methyl sites for hydroxylation is 2. The molecule has 0 fully saturated rings. The Kier molecular flexibility index (Phi) is 3.54. The van der Waals surface area contributed by atoms with Crippen LogP contribution in [0.15, 0.2) is 15.7 Å². The van der Waals surface area contributed by atoms with Crippen LogP contribution in [-0.4, -0.2) is 19.1 Å². The van der Waals surface area contributed by atoms with Crippen molar-refractivity contribution in [1.82, 2.24) is 19.1 Å². The van der Waals surface area contributed by atoms with Gasteiger partial charge in [0.05, 0.1) is 11.0 Å². The van der Waals surface area contributed by atoms with Crippen LogP contribution in [0, 0.1) is 17.4 Å². The Balaban J connectivity index is 2.68. The molecule has 3 rings (SSSR count). The van der Waals surface area contributed by atoms with Gasteiger partial charge in [0.15, 0.2) is 11.5 Å². The van der Waals surface area contributed by atoms with Crippen LogP contribution in [-0.2, 0) is 13.6 Å². The lowest BCUT2D eigenvalue weighted by atomic mass is 10.1. The van der Waals surface area contributed by atoms with Gasteiger partial charge < -0.3 is 4.57 Å². The largest absolute Gasteiger partial charge is 0.352 e. The maximum Gasteiger partial charge on any atom is 0.352 e. The number of nitrogens with zero attached hydrogens (tertiary/aromatic N) is 4. The van der Waals surface area contributed by atoms with E-state index in [1.807, 2.05) is 24.5 Å². The zero-order chi connectivity index (χ0) is 16.2. The van der Waals surface area contributed by atoms with E-state index >= 15 is 0 Å². The fraction of sp³-hybridized carbons (Fsp3) is 0.333. The van der Waals surface area contributed by atoms with Crippen LogP contribution in [0.1, 0.15) is 18.1 Å². The van der Waals surface area contributed by atoms with Gasteiger partial charge in [0.25, 0.3) is 5.56 Å². The Hall–Kier alpha value is -1.77. The number of benzene rings is 1. The zero-order valence-corrected chi connectivity index (χ0v) is 14.9. The number of fused-ring (bicyclic) bond motifs is 2. The van der Waals surface area contributed by atoms with Gasteiger partial charge in [-0.1, -0.05) is 0 Å². The van der Waals surface area contributed by atoms with Crippen molar-refractivity contribution in [2.45, 2.75) is 27.3 Å². The number of aromatic nitrogens is 4. The summed E-state index contributed by atoms with van der Waals surface area (Å²) >= 11 is 2.28. The Morgan fingerprint density at radius 2 is 1.91 bits per heavy atom. The molecule has 0 unspecified atom stereocenters. The molecule has 7 heteroatoms. The minimum absolute atomic E-state index is 0.232. The molecule has 1 aromatic rings. The molecule has 0 saturated carbocycles. The molecule has 2 aliphatic rings. The summed E-state index contributed by atoms with van der Waals surface area (Å²) in [4.78, 5) is 32.8. The molecular formula is C15H15IN4O2. The molecule has 0 spiro atoms. The van der Waals surface area contributed by atoms with Crippen molar-refractivity contribution in [1.29, 1.82) is 0 Å². The third-order valence-corrected chi connectivity index (χ3v) is 5.33. The maximum atomic E-state index is 12.3. The highest BCUT2D eigenvalue weighted by atomic mass is 127. The van der Waals surface area contributed by atoms with Gasteiger partial charge in [0, 0.05) is 17.2 Å². The lowest BCUT2D eigenvalue weighted by molar-refractivity contribution is 0.716. The van der Waals surface area contributed by atoms with Crippen molar-refractivity contribution in [2.75, 3.05) is 0 Å². The number of hydrogen-bond donors (Lipinski definition) is 0. The summed E-state index contributed by atoms with van der Waals surface area (Å²) in [6.07, 6.45) is 0. The molecule has 22 heavy (non-hydrogen) atoms. The Morgan fingerprint density at radius 1 is 1.23 bits per heavy atom. The molecule has 2 heterocycles. The van der Waals surface area contributed by atoms with E-state index < -0.39 is 11.2 Å². The quantitative estimate of drug-likeness (QED) is 0.454. The van der Waals surface area contributed by atoms with E-state index in [-0.39, 0.29) is 5.69 Å². The van der Waals surface area contributed by atoms with Gasteiger partial charge in [-0.2, -0.15) is 4.98 Å². The van der Waals surface area contributed by atoms with Crippen LogP contribution >= 0.6 is 22.6 Å². The highest BCUT2D eigenvalue weighted by molar-refractivity contribution is 14.1. The van der Waals surface area contributed by atoms with Crippen LogP contribution in [0.4, 0.5) is 0 Å². The Morgan fingerprint density at radius 3 is 2.55 bits per heavy atom. The molecule has 0 radical (unpaired) electrons. The van der Waals surface area contributed by atoms with Crippen molar-refractivity contribution in [3.63, 3.8) is 0 Å². The number of halogens is 1. The van der Waals surface area contributed by atoms with E-state index in [1.165, 1.54) is 12.6 Å². The molecule has 114 valence electrons. The molecule has 0 amide bonds. The van der Waals surface area contributed by atoms with Crippen molar-refractivity contribution in [3.8, 4) is 11.5 Å². The highest BCUT2D eigenvalue weighted by Gasteiger charge is 2.21. The fourth-order valence-electron chi connectivity index (χ4n) is 2.57. The van der Waals surface area contributed by atoms with E-state index in [9.17, 15) is 9.59 Å². The third kappa shape index (κ3) is 1.98. The van der Waals surface area contributed by atoms with Gasteiger partial charge in [-0.3, -0.25) is 9.36 Å². The van der Waals surface area contributed by atoms with Crippen molar-refractivity contribution in [2.24, 2.45) is 7.05 Å². The first-order valence-corrected chi connectivity index (χ1v) is 8.01. The number of hydrogen-bond acceptors (Lipinski definition) is 4. The summed E-state index contributed by atoms with van der Waals surface area (Å²) in [5, 5.41) is 0. The first-order chi connectivity index (χ1) is 10.4. The SMILES string of the molecule is CCn1c2nc(=O)n(C)c(=O)c-2nc2cc(C)c(C)c(I)c21. The predicted molar refractivity (Wildman–Crippen MR) is 93.5 cm³/mol. The fourth-order valence-corrected chi connectivity index (χ4v) is 3.56. The molecule has 0 aliphatic carbocycles. The summed E-state index contributed by atoms with van der Waals surface area (Å²) in [5.74, 6) is 0.351. The summed E-state index contributed by atoms with van der Waals surface area (Å²) in [5.41, 5.74) is 3.22. The molecular weight excluding hydrogens is 395 g/mol. The third-order valence-electron chi connectivity index (χ3n) is 4.01. The minimum atomic E-state index is -0.556. The smallest absolute Gasteiger partial charge is 0.322 e. The van der Waals surface area contributed by atoms with Crippen LogP contribution in [0.2, 0.25) is 0 Å². The summed E-state index contributed by atoms with van der Waals surface area (Å²) in [6, 6.07) is 1.98. The van der Waals surface area contributed by atoms with Gasteiger partial charge in [-0.25, -0.2) is 9.78 Å². The normalized spacial score (nSPS) is 11.5. The first-order valence-electron chi connectivity index (χ1n) is 6.93. The average molecular weight is 410 g/mol. The average Bonchev–Trinajstić information content (AvgIpc) is 2.49. The van der Waals surface area contributed by atoms with Gasteiger partial charge in [-0.15, -0.1) is 0 Å². The number of rotatable bonds is 1. The van der Waals surface area contributed by atoms with E-state index in [4.69, 9.17) is 0 Å². The summed E-state index contributed by atoms with van der Waals surface area (Å²) in [7, 11) is 1.42. The van der Waals surface area contributed by atoms with E-state index in [2.05, 4.69) is 39.5 Å². The molecule has 6 nitrogen and oxygen atoms in total. The second-order valence-corrected chi connectivity index (χ2v) is 6.37. The topological polar surface area (TPSA) is 69.8 Å². The van der Waals surface area contributed by atoms with Gasteiger partial charge >= 0.3 is 5.69 Å². The second kappa shape index (κ2) is 5.15. The molecule has 0 atom stereocenters. The van der Waals surface area contributed by atoms with Gasteiger partial charge in [0.2, 0.25) is 0 Å². The highest BCUT2D eigenvalue weighted by Crippen LogP contribution is 2.29. The monoisotopic (exact) mass is 410 g/mol. The van der Waals surface area contributed by atoms with Crippen LogP contribution in [0.3, 0.4) is 0 Å². The lowest BCUT2D eigenvalue weighted by Gasteiger charge is -2.18. The minimum Gasteiger partial charge on any atom is -0.322 e. The predicted octanol–water partition coefficient (Wildman–Crippen LogP) is 1.84. The van der Waals surface area contributed by atoms with E-state index in [0.29, 0.717) is 12.4 Å². The maximum absolute atomic E-state index is 12.3. The Bertz CT molecular complexity index is 1000. The molecule has 1 aromatic carbocycles.